The molecule has 4 nitrogen and oxygen atoms in total. The number of likely N-dealkylation sites (tertiary alicyclic amines) is 1. The van der Waals surface area contributed by atoms with Crippen LogP contribution in [-0.4, -0.2) is 41.5 Å². The average molecular weight is 274 g/mol. The maximum Gasteiger partial charge on any atom is 0.133 e. The topological polar surface area (TPSA) is 41.1 Å². The minimum absolute atomic E-state index is 0.753. The zero-order chi connectivity index (χ0) is 13.9. The van der Waals surface area contributed by atoms with Crippen LogP contribution in [0.3, 0.4) is 0 Å². The zero-order valence-corrected chi connectivity index (χ0v) is 12.8. The Kier molecular flexibility index (Phi) is 4.20. The minimum atomic E-state index is 0.753. The monoisotopic (exact) mass is 274 g/mol. The van der Waals surface area contributed by atoms with Gasteiger partial charge in [-0.1, -0.05) is 0 Å². The van der Waals surface area contributed by atoms with Crippen LogP contribution in [0.2, 0.25) is 0 Å². The van der Waals surface area contributed by atoms with Gasteiger partial charge in [0.1, 0.15) is 11.6 Å². The van der Waals surface area contributed by atoms with E-state index in [2.05, 4.69) is 27.2 Å². The SMILES string of the molecule is Cc1nc2c(c(NCC3CCCN(C)C3)n1)CCCC2. The molecule has 0 amide bonds. The van der Waals surface area contributed by atoms with E-state index in [0.717, 1.165) is 36.9 Å². The first-order chi connectivity index (χ1) is 9.72. The van der Waals surface area contributed by atoms with Crippen molar-refractivity contribution in [2.24, 2.45) is 5.92 Å². The van der Waals surface area contributed by atoms with Crippen LogP contribution in [0.1, 0.15) is 42.8 Å². The van der Waals surface area contributed by atoms with Crippen molar-refractivity contribution in [3.8, 4) is 0 Å². The van der Waals surface area contributed by atoms with Crippen LogP contribution in [0.25, 0.3) is 0 Å². The lowest BCUT2D eigenvalue weighted by Crippen LogP contribution is -2.35. The molecule has 2 heterocycles. The van der Waals surface area contributed by atoms with Crippen LogP contribution in [0.4, 0.5) is 5.82 Å². The third kappa shape index (κ3) is 3.11. The Hall–Kier alpha value is -1.16. The fraction of sp³-hybridized carbons (Fsp3) is 0.750. The summed E-state index contributed by atoms with van der Waals surface area (Å²) in [6, 6.07) is 0. The molecule has 1 unspecified atom stereocenters. The van der Waals surface area contributed by atoms with Crippen LogP contribution >= 0.6 is 0 Å². The summed E-state index contributed by atoms with van der Waals surface area (Å²) in [5.74, 6) is 2.78. The van der Waals surface area contributed by atoms with Gasteiger partial charge in [0.2, 0.25) is 0 Å². The molecule has 110 valence electrons. The lowest BCUT2D eigenvalue weighted by Gasteiger charge is -2.30. The highest BCUT2D eigenvalue weighted by Gasteiger charge is 2.20. The number of hydrogen-bond donors (Lipinski definition) is 1. The number of anilines is 1. The number of hydrogen-bond acceptors (Lipinski definition) is 4. The fourth-order valence-electron chi connectivity index (χ4n) is 3.54. The summed E-state index contributed by atoms with van der Waals surface area (Å²) in [6.07, 6.45) is 7.48. The predicted molar refractivity (Wildman–Crippen MR) is 82.1 cm³/mol. The minimum Gasteiger partial charge on any atom is -0.369 e. The second kappa shape index (κ2) is 6.08. The van der Waals surface area contributed by atoms with Crippen LogP contribution in [-0.2, 0) is 12.8 Å². The van der Waals surface area contributed by atoms with Crippen molar-refractivity contribution in [2.45, 2.75) is 45.4 Å². The van der Waals surface area contributed by atoms with Gasteiger partial charge in [0.15, 0.2) is 0 Å². The lowest BCUT2D eigenvalue weighted by atomic mass is 9.95. The number of aromatic nitrogens is 2. The Morgan fingerprint density at radius 2 is 2.05 bits per heavy atom. The third-order valence-electron chi connectivity index (χ3n) is 4.58. The summed E-state index contributed by atoms with van der Waals surface area (Å²) >= 11 is 0. The smallest absolute Gasteiger partial charge is 0.133 e. The molecule has 0 radical (unpaired) electrons. The molecule has 2 aliphatic rings. The molecule has 1 N–H and O–H groups in total. The maximum atomic E-state index is 4.65. The van der Waals surface area contributed by atoms with Crippen molar-refractivity contribution >= 4 is 5.82 Å². The van der Waals surface area contributed by atoms with Gasteiger partial charge in [-0.3, -0.25) is 0 Å². The summed E-state index contributed by atoms with van der Waals surface area (Å²) in [5.41, 5.74) is 2.66. The Morgan fingerprint density at radius 3 is 2.90 bits per heavy atom. The van der Waals surface area contributed by atoms with E-state index in [4.69, 9.17) is 0 Å². The van der Waals surface area contributed by atoms with Crippen molar-refractivity contribution in [3.05, 3.63) is 17.1 Å². The Labute approximate surface area is 122 Å². The van der Waals surface area contributed by atoms with Crippen molar-refractivity contribution in [1.29, 1.82) is 0 Å². The number of piperidine rings is 1. The van der Waals surface area contributed by atoms with E-state index < -0.39 is 0 Å². The van der Waals surface area contributed by atoms with Crippen molar-refractivity contribution < 1.29 is 0 Å². The first-order valence-electron chi connectivity index (χ1n) is 8.01. The van der Waals surface area contributed by atoms with Crippen LogP contribution < -0.4 is 5.32 Å². The van der Waals surface area contributed by atoms with Crippen molar-refractivity contribution in [2.75, 3.05) is 32.0 Å². The Bertz CT molecular complexity index is 472. The van der Waals surface area contributed by atoms with E-state index in [9.17, 15) is 0 Å². The van der Waals surface area contributed by atoms with E-state index in [0.29, 0.717) is 0 Å². The average Bonchev–Trinajstić information content (AvgIpc) is 2.44. The molecule has 0 saturated carbocycles. The molecule has 4 heteroatoms. The first-order valence-corrected chi connectivity index (χ1v) is 8.01. The summed E-state index contributed by atoms with van der Waals surface area (Å²) < 4.78 is 0. The highest BCUT2D eigenvalue weighted by atomic mass is 15.1. The van der Waals surface area contributed by atoms with Gasteiger partial charge < -0.3 is 10.2 Å². The molecule has 1 aliphatic carbocycles. The molecule has 1 aromatic rings. The standard InChI is InChI=1S/C16H26N4/c1-12-18-15-8-4-3-7-14(15)16(19-12)17-10-13-6-5-9-20(2)11-13/h13H,3-11H2,1-2H3,(H,17,18,19). The van der Waals surface area contributed by atoms with Gasteiger partial charge >= 0.3 is 0 Å². The Balaban J connectivity index is 1.69. The molecule has 3 rings (SSSR count). The van der Waals surface area contributed by atoms with Gasteiger partial charge in [-0.15, -0.1) is 0 Å². The summed E-state index contributed by atoms with van der Waals surface area (Å²) in [4.78, 5) is 11.7. The van der Waals surface area contributed by atoms with Crippen molar-refractivity contribution in [3.63, 3.8) is 0 Å². The summed E-state index contributed by atoms with van der Waals surface area (Å²) in [6.45, 7) is 5.51. The van der Waals surface area contributed by atoms with Crippen LogP contribution in [0.5, 0.6) is 0 Å². The Morgan fingerprint density at radius 1 is 1.20 bits per heavy atom. The third-order valence-corrected chi connectivity index (χ3v) is 4.58. The quantitative estimate of drug-likeness (QED) is 0.919. The van der Waals surface area contributed by atoms with Gasteiger partial charge in [-0.05, 0) is 65.0 Å². The van der Waals surface area contributed by atoms with Gasteiger partial charge in [-0.2, -0.15) is 0 Å². The molecule has 0 bridgehead atoms. The highest BCUT2D eigenvalue weighted by Crippen LogP contribution is 2.26. The maximum absolute atomic E-state index is 4.65. The molecule has 1 saturated heterocycles. The molecule has 1 atom stereocenters. The molecular weight excluding hydrogens is 248 g/mol. The first kappa shape index (κ1) is 13.8. The van der Waals surface area contributed by atoms with Gasteiger partial charge in [0.05, 0.1) is 0 Å². The molecule has 1 aromatic heterocycles. The number of rotatable bonds is 3. The van der Waals surface area contributed by atoms with E-state index in [1.54, 1.807) is 0 Å². The molecule has 20 heavy (non-hydrogen) atoms. The number of fused-ring (bicyclic) bond motifs is 1. The zero-order valence-electron chi connectivity index (χ0n) is 12.8. The largest absolute Gasteiger partial charge is 0.369 e. The van der Waals surface area contributed by atoms with Gasteiger partial charge in [0, 0.05) is 24.3 Å². The fourth-order valence-corrected chi connectivity index (χ4v) is 3.54. The highest BCUT2D eigenvalue weighted by molar-refractivity contribution is 5.47. The molecule has 0 aromatic carbocycles. The van der Waals surface area contributed by atoms with Gasteiger partial charge in [0.25, 0.3) is 0 Å². The summed E-state index contributed by atoms with van der Waals surface area (Å²) in [7, 11) is 2.23. The molecular formula is C16H26N4. The van der Waals surface area contributed by atoms with E-state index in [-0.39, 0.29) is 0 Å². The second-order valence-corrected chi connectivity index (χ2v) is 6.40. The van der Waals surface area contributed by atoms with Crippen LogP contribution in [0.15, 0.2) is 0 Å². The number of nitrogens with one attached hydrogen (secondary N) is 1. The molecule has 0 spiro atoms. The number of nitrogens with zero attached hydrogens (tertiary/aromatic N) is 3. The summed E-state index contributed by atoms with van der Waals surface area (Å²) in [5, 5.41) is 3.63. The number of aryl methyl sites for hydroxylation is 2. The predicted octanol–water partition coefficient (Wildman–Crippen LogP) is 2.42. The van der Waals surface area contributed by atoms with Crippen molar-refractivity contribution in [1.82, 2.24) is 14.9 Å². The lowest BCUT2D eigenvalue weighted by molar-refractivity contribution is 0.217. The molecule has 1 aliphatic heterocycles. The van der Waals surface area contributed by atoms with E-state index in [1.807, 2.05) is 6.92 Å². The normalized spacial score (nSPS) is 23.4. The second-order valence-electron chi connectivity index (χ2n) is 6.40. The van der Waals surface area contributed by atoms with E-state index >= 15 is 0 Å². The van der Waals surface area contributed by atoms with E-state index in [1.165, 1.54) is 50.0 Å². The van der Waals surface area contributed by atoms with Crippen LogP contribution in [0, 0.1) is 12.8 Å². The molecule has 1 fully saturated rings. The van der Waals surface area contributed by atoms with Gasteiger partial charge in [-0.25, -0.2) is 9.97 Å².